The molecule has 1 rings (SSSR count). The van der Waals surface area contributed by atoms with Crippen LogP contribution in [0.3, 0.4) is 0 Å². The number of aromatic nitrogens is 2. The van der Waals surface area contributed by atoms with Crippen LogP contribution in [0.5, 0.6) is 0 Å². The standard InChI is InChI=1S/C2H4N2O/c1-4-2-3-5-4/h2H,1H3. The van der Waals surface area contributed by atoms with Crippen LogP contribution in [-0.4, -0.2) is 9.90 Å². The lowest BCUT2D eigenvalue weighted by molar-refractivity contribution is 0.134. The molecular weight excluding hydrogens is 68.0 g/mol. The van der Waals surface area contributed by atoms with Crippen molar-refractivity contribution in [3.8, 4) is 0 Å². The lowest BCUT2D eigenvalue weighted by atomic mass is 11.2. The molecule has 0 amide bonds. The molecule has 0 aliphatic carbocycles. The minimum Gasteiger partial charge on any atom is -0.266 e. The normalized spacial score (nSPS) is 9.00. The highest BCUT2D eigenvalue weighted by atomic mass is 16.6. The Labute approximate surface area is 29.1 Å². The van der Waals surface area contributed by atoms with Crippen molar-refractivity contribution < 1.29 is 4.63 Å². The third-order valence-corrected chi connectivity index (χ3v) is 0.386. The summed E-state index contributed by atoms with van der Waals surface area (Å²) in [6.07, 6.45) is 1.58. The second-order valence-corrected chi connectivity index (χ2v) is 0.849. The lowest BCUT2D eigenvalue weighted by Gasteiger charge is -1.89. The van der Waals surface area contributed by atoms with Crippen LogP contribution in [0.2, 0.25) is 0 Å². The molecule has 0 spiro atoms. The summed E-state index contributed by atoms with van der Waals surface area (Å²) >= 11 is 0. The van der Waals surface area contributed by atoms with E-state index in [9.17, 15) is 0 Å². The Morgan fingerprint density at radius 3 is 2.40 bits per heavy atom. The molecule has 0 saturated heterocycles. The van der Waals surface area contributed by atoms with Crippen molar-refractivity contribution in [3.05, 3.63) is 6.33 Å². The van der Waals surface area contributed by atoms with E-state index in [0.29, 0.717) is 0 Å². The summed E-state index contributed by atoms with van der Waals surface area (Å²) in [5.74, 6) is 0. The number of hydrogen-bond acceptors (Lipinski definition) is 2. The van der Waals surface area contributed by atoms with Gasteiger partial charge in [0.15, 0.2) is 6.33 Å². The predicted octanol–water partition coefficient (Wildman–Crippen LogP) is 0.0131. The molecule has 0 N–H and O–H groups in total. The van der Waals surface area contributed by atoms with Gasteiger partial charge in [0.2, 0.25) is 0 Å². The van der Waals surface area contributed by atoms with Gasteiger partial charge in [0, 0.05) is 7.05 Å². The van der Waals surface area contributed by atoms with Crippen LogP contribution in [0.15, 0.2) is 11.0 Å². The molecule has 1 aromatic heterocycles. The Morgan fingerprint density at radius 1 is 2.00 bits per heavy atom. The van der Waals surface area contributed by atoms with Gasteiger partial charge < -0.3 is 0 Å². The van der Waals surface area contributed by atoms with Gasteiger partial charge in [-0.2, -0.15) is 4.74 Å². The molecule has 28 valence electrons. The first kappa shape index (κ1) is 2.50. The van der Waals surface area contributed by atoms with Crippen molar-refractivity contribution in [1.29, 1.82) is 0 Å². The molecule has 0 aromatic carbocycles. The molecule has 0 aliphatic heterocycles. The maximum absolute atomic E-state index is 4.33. The van der Waals surface area contributed by atoms with E-state index in [1.54, 1.807) is 13.4 Å². The van der Waals surface area contributed by atoms with Crippen molar-refractivity contribution in [3.63, 3.8) is 0 Å². The smallest absolute Gasteiger partial charge is 0.171 e. The maximum atomic E-state index is 4.33. The van der Waals surface area contributed by atoms with Crippen molar-refractivity contribution >= 4 is 0 Å². The zero-order valence-corrected chi connectivity index (χ0v) is 2.88. The Bertz CT molecular complexity index is 89.8. The summed E-state index contributed by atoms with van der Waals surface area (Å²) in [6.45, 7) is 0. The van der Waals surface area contributed by atoms with Gasteiger partial charge in [-0.25, -0.2) is 0 Å². The average molecular weight is 72.1 g/mol. The monoisotopic (exact) mass is 72.0 g/mol. The second kappa shape index (κ2) is 0.607. The fourth-order valence-corrected chi connectivity index (χ4v) is 0.141. The van der Waals surface area contributed by atoms with Crippen LogP contribution in [0.25, 0.3) is 0 Å². The molecular formula is C2H4N2O. The molecule has 0 fully saturated rings. The summed E-state index contributed by atoms with van der Waals surface area (Å²) in [6, 6.07) is 0. The first-order chi connectivity index (χ1) is 2.39. The molecule has 1 heterocycles. The topological polar surface area (TPSA) is 31.0 Å². The van der Waals surface area contributed by atoms with E-state index in [4.69, 9.17) is 0 Å². The van der Waals surface area contributed by atoms with Crippen LogP contribution in [0.4, 0.5) is 0 Å². The fourth-order valence-electron chi connectivity index (χ4n) is 0.141. The van der Waals surface area contributed by atoms with Crippen molar-refractivity contribution in [2.75, 3.05) is 0 Å². The Morgan fingerprint density at radius 2 is 2.40 bits per heavy atom. The molecule has 1 aromatic rings. The molecule has 0 unspecified atom stereocenters. The number of nitrogens with zero attached hydrogens (tertiary/aromatic N) is 2. The van der Waals surface area contributed by atoms with Crippen molar-refractivity contribution in [2.24, 2.45) is 7.05 Å². The van der Waals surface area contributed by atoms with E-state index in [2.05, 4.69) is 9.79 Å². The van der Waals surface area contributed by atoms with Gasteiger partial charge in [-0.05, 0) is 5.16 Å². The zero-order valence-electron chi connectivity index (χ0n) is 2.88. The largest absolute Gasteiger partial charge is 0.266 e. The van der Waals surface area contributed by atoms with Crippen molar-refractivity contribution in [1.82, 2.24) is 9.90 Å². The molecule has 5 heavy (non-hydrogen) atoms. The van der Waals surface area contributed by atoms with E-state index in [0.717, 1.165) is 0 Å². The summed E-state index contributed by atoms with van der Waals surface area (Å²) < 4.78 is 5.85. The predicted molar refractivity (Wildman–Crippen MR) is 15.5 cm³/mol. The van der Waals surface area contributed by atoms with Crippen molar-refractivity contribution in [2.45, 2.75) is 0 Å². The van der Waals surface area contributed by atoms with Gasteiger partial charge in [0.05, 0.1) is 0 Å². The quantitative estimate of drug-likeness (QED) is 0.432. The molecule has 0 atom stereocenters. The van der Waals surface area contributed by atoms with E-state index in [-0.39, 0.29) is 0 Å². The van der Waals surface area contributed by atoms with Crippen LogP contribution in [0.1, 0.15) is 0 Å². The Hall–Kier alpha value is -0.730. The Balaban J connectivity index is 2.83. The van der Waals surface area contributed by atoms with Gasteiger partial charge in [0.25, 0.3) is 0 Å². The minimum atomic E-state index is 1.51. The molecule has 0 aliphatic rings. The fraction of sp³-hybridized carbons (Fsp3) is 0.500. The van der Waals surface area contributed by atoms with Gasteiger partial charge in [-0.1, -0.05) is 0 Å². The lowest BCUT2D eigenvalue weighted by Crippen LogP contribution is -1.93. The average Bonchev–Trinajstić information content (AvgIpc) is 1.30. The minimum absolute atomic E-state index is 1.51. The van der Waals surface area contributed by atoms with E-state index >= 15 is 0 Å². The third-order valence-electron chi connectivity index (χ3n) is 0.386. The Kier molecular flexibility index (Phi) is 0.304. The van der Waals surface area contributed by atoms with Crippen LogP contribution in [0, 0.1) is 0 Å². The molecule has 0 saturated carbocycles. The summed E-state index contributed by atoms with van der Waals surface area (Å²) in [7, 11) is 1.77. The number of aryl methyl sites for hydroxylation is 1. The van der Waals surface area contributed by atoms with Crippen LogP contribution < -0.4 is 0 Å². The number of hydrogen-bond donors (Lipinski definition) is 0. The molecule has 3 heteroatoms. The van der Waals surface area contributed by atoms with E-state index < -0.39 is 0 Å². The van der Waals surface area contributed by atoms with Gasteiger partial charge >= 0.3 is 0 Å². The highest BCUT2D eigenvalue weighted by molar-refractivity contribution is 4.31. The van der Waals surface area contributed by atoms with E-state index in [1.807, 2.05) is 0 Å². The van der Waals surface area contributed by atoms with Gasteiger partial charge in [-0.3, -0.25) is 4.63 Å². The number of rotatable bonds is 0. The second-order valence-electron chi connectivity index (χ2n) is 0.849. The summed E-state index contributed by atoms with van der Waals surface area (Å²) in [5, 5.41) is 3.30. The summed E-state index contributed by atoms with van der Waals surface area (Å²) in [4.78, 5) is 0. The van der Waals surface area contributed by atoms with Gasteiger partial charge in [-0.15, -0.1) is 0 Å². The highest BCUT2D eigenvalue weighted by Crippen LogP contribution is 1.71. The third kappa shape index (κ3) is 0.190. The van der Waals surface area contributed by atoms with Crippen LogP contribution >= 0.6 is 0 Å². The molecule has 0 bridgehead atoms. The maximum Gasteiger partial charge on any atom is 0.171 e. The SMILES string of the molecule is Cn1cno1. The van der Waals surface area contributed by atoms with Gasteiger partial charge in [0.1, 0.15) is 0 Å². The van der Waals surface area contributed by atoms with E-state index in [1.165, 1.54) is 4.74 Å². The first-order valence-corrected chi connectivity index (χ1v) is 1.33. The first-order valence-electron chi connectivity index (χ1n) is 1.33. The molecule has 3 nitrogen and oxygen atoms in total. The van der Waals surface area contributed by atoms with Crippen LogP contribution in [-0.2, 0) is 7.05 Å². The zero-order chi connectivity index (χ0) is 3.70. The molecule has 0 radical (unpaired) electrons. The highest BCUT2D eigenvalue weighted by Gasteiger charge is 1.74. The summed E-state index contributed by atoms with van der Waals surface area (Å²) in [5.41, 5.74) is 0.